The summed E-state index contributed by atoms with van der Waals surface area (Å²) in [6, 6.07) is 5.25. The number of hydrogen-bond acceptors (Lipinski definition) is 2. The van der Waals surface area contributed by atoms with Gasteiger partial charge in [0.1, 0.15) is 0 Å². The molecule has 1 rings (SSSR count). The lowest BCUT2D eigenvalue weighted by molar-refractivity contribution is 0.571. The molecule has 1 aromatic carbocycles. The average molecular weight is 283 g/mol. The Morgan fingerprint density at radius 2 is 1.68 bits per heavy atom. The normalized spacial score (nSPS) is 11.7. The summed E-state index contributed by atoms with van der Waals surface area (Å²) in [6.07, 6.45) is 5.60. The van der Waals surface area contributed by atoms with E-state index in [0.717, 1.165) is 24.0 Å². The molecule has 4 heteroatoms. The highest BCUT2D eigenvalue weighted by Crippen LogP contribution is 2.14. The third-order valence-electron chi connectivity index (χ3n) is 3.36. The zero-order valence-corrected chi connectivity index (χ0v) is 13.0. The van der Waals surface area contributed by atoms with E-state index in [2.05, 4.69) is 11.6 Å². The predicted octanol–water partition coefficient (Wildman–Crippen LogP) is 3.55. The van der Waals surface area contributed by atoms with Crippen LogP contribution in [0, 0.1) is 13.8 Å². The summed E-state index contributed by atoms with van der Waals surface area (Å²) in [5, 5.41) is 0. The van der Waals surface area contributed by atoms with Gasteiger partial charge in [-0.2, -0.15) is 0 Å². The molecule has 0 unspecified atom stereocenters. The van der Waals surface area contributed by atoms with Crippen molar-refractivity contribution in [3.8, 4) is 0 Å². The number of benzene rings is 1. The van der Waals surface area contributed by atoms with E-state index in [0.29, 0.717) is 11.4 Å². The molecule has 0 bridgehead atoms. The van der Waals surface area contributed by atoms with Crippen LogP contribution < -0.4 is 4.72 Å². The third-order valence-corrected chi connectivity index (χ3v) is 4.82. The van der Waals surface area contributed by atoms with E-state index in [4.69, 9.17) is 0 Å². The molecule has 0 amide bonds. The molecule has 3 nitrogen and oxygen atoms in total. The van der Waals surface area contributed by atoms with E-state index < -0.39 is 10.0 Å². The van der Waals surface area contributed by atoms with Gasteiger partial charge in [-0.05, 0) is 43.5 Å². The summed E-state index contributed by atoms with van der Waals surface area (Å²) in [4.78, 5) is 0.365. The van der Waals surface area contributed by atoms with E-state index in [-0.39, 0.29) is 0 Å². The lowest BCUT2D eigenvalue weighted by atomic mass is 10.1. The number of nitrogens with one attached hydrogen (secondary N) is 1. The molecule has 108 valence electrons. The standard InChI is InChI=1S/C15H25NO2S/c1-4-5-6-7-8-11-16-19(17,18)15-10-9-13(2)14(3)12-15/h9-10,12,16H,4-8,11H2,1-3H3. The lowest BCUT2D eigenvalue weighted by Crippen LogP contribution is -2.24. The lowest BCUT2D eigenvalue weighted by Gasteiger charge is -2.08. The molecule has 19 heavy (non-hydrogen) atoms. The molecular formula is C15H25NO2S. The van der Waals surface area contributed by atoms with Crippen molar-refractivity contribution in [3.05, 3.63) is 29.3 Å². The fraction of sp³-hybridized carbons (Fsp3) is 0.600. The minimum atomic E-state index is -3.34. The second-order valence-electron chi connectivity index (χ2n) is 5.06. The van der Waals surface area contributed by atoms with Gasteiger partial charge in [-0.3, -0.25) is 0 Å². The second-order valence-corrected chi connectivity index (χ2v) is 6.83. The van der Waals surface area contributed by atoms with E-state index in [1.54, 1.807) is 12.1 Å². The topological polar surface area (TPSA) is 46.2 Å². The Morgan fingerprint density at radius 3 is 2.32 bits per heavy atom. The van der Waals surface area contributed by atoms with Crippen molar-refractivity contribution in [2.45, 2.75) is 57.8 Å². The summed E-state index contributed by atoms with van der Waals surface area (Å²) in [7, 11) is -3.34. The van der Waals surface area contributed by atoms with Gasteiger partial charge in [0.25, 0.3) is 0 Å². The van der Waals surface area contributed by atoms with Gasteiger partial charge in [-0.25, -0.2) is 13.1 Å². The van der Waals surface area contributed by atoms with Crippen molar-refractivity contribution in [3.63, 3.8) is 0 Å². The molecule has 0 saturated heterocycles. The summed E-state index contributed by atoms with van der Waals surface area (Å²) < 4.78 is 26.8. The fourth-order valence-corrected chi connectivity index (χ4v) is 3.06. The first kappa shape index (κ1) is 16.2. The molecule has 0 atom stereocenters. The van der Waals surface area contributed by atoms with Crippen LogP contribution in [0.25, 0.3) is 0 Å². The third kappa shape index (κ3) is 5.33. The quantitative estimate of drug-likeness (QED) is 0.742. The molecule has 0 fully saturated rings. The molecule has 0 aliphatic heterocycles. The SMILES string of the molecule is CCCCCCCNS(=O)(=O)c1ccc(C)c(C)c1. The van der Waals surface area contributed by atoms with Crippen LogP contribution in [0.2, 0.25) is 0 Å². The molecule has 0 spiro atoms. The highest BCUT2D eigenvalue weighted by Gasteiger charge is 2.13. The maximum atomic E-state index is 12.1. The number of aryl methyl sites for hydroxylation is 2. The Labute approximate surface area is 117 Å². The predicted molar refractivity (Wildman–Crippen MR) is 79.9 cm³/mol. The summed E-state index contributed by atoms with van der Waals surface area (Å²) >= 11 is 0. The minimum Gasteiger partial charge on any atom is -0.211 e. The Morgan fingerprint density at radius 1 is 1.00 bits per heavy atom. The summed E-state index contributed by atoms with van der Waals surface area (Å²) in [6.45, 7) is 6.60. The van der Waals surface area contributed by atoms with Crippen molar-refractivity contribution >= 4 is 10.0 Å². The molecule has 0 saturated carbocycles. The molecule has 1 aromatic rings. The highest BCUT2D eigenvalue weighted by atomic mass is 32.2. The first-order chi connectivity index (χ1) is 8.97. The van der Waals surface area contributed by atoms with E-state index in [1.807, 2.05) is 19.9 Å². The van der Waals surface area contributed by atoms with Crippen LogP contribution >= 0.6 is 0 Å². The molecule has 1 N–H and O–H groups in total. The van der Waals surface area contributed by atoms with Gasteiger partial charge in [0, 0.05) is 6.54 Å². The number of rotatable bonds is 8. The van der Waals surface area contributed by atoms with Crippen molar-refractivity contribution in [1.29, 1.82) is 0 Å². The van der Waals surface area contributed by atoms with E-state index in [9.17, 15) is 8.42 Å². The van der Waals surface area contributed by atoms with Crippen LogP contribution in [-0.4, -0.2) is 15.0 Å². The molecular weight excluding hydrogens is 258 g/mol. The van der Waals surface area contributed by atoms with Crippen LogP contribution in [0.4, 0.5) is 0 Å². The highest BCUT2D eigenvalue weighted by molar-refractivity contribution is 7.89. The molecule has 0 aromatic heterocycles. The van der Waals surface area contributed by atoms with Crippen LogP contribution in [0.5, 0.6) is 0 Å². The number of sulfonamides is 1. The monoisotopic (exact) mass is 283 g/mol. The van der Waals surface area contributed by atoms with Gasteiger partial charge in [0.05, 0.1) is 4.90 Å². The average Bonchev–Trinajstić information content (AvgIpc) is 2.36. The van der Waals surface area contributed by atoms with E-state index >= 15 is 0 Å². The minimum absolute atomic E-state index is 0.365. The Bertz CT molecular complexity index is 495. The van der Waals surface area contributed by atoms with Gasteiger partial charge in [0.2, 0.25) is 10.0 Å². The maximum Gasteiger partial charge on any atom is 0.240 e. The smallest absolute Gasteiger partial charge is 0.211 e. The van der Waals surface area contributed by atoms with Gasteiger partial charge >= 0.3 is 0 Å². The van der Waals surface area contributed by atoms with Crippen molar-refractivity contribution < 1.29 is 8.42 Å². The molecule has 0 radical (unpaired) electrons. The Kier molecular flexibility index (Phi) is 6.52. The Balaban J connectivity index is 2.49. The van der Waals surface area contributed by atoms with Gasteiger partial charge in [-0.15, -0.1) is 0 Å². The first-order valence-electron chi connectivity index (χ1n) is 7.04. The molecule has 0 aliphatic carbocycles. The van der Waals surface area contributed by atoms with Crippen molar-refractivity contribution in [2.24, 2.45) is 0 Å². The van der Waals surface area contributed by atoms with Gasteiger partial charge in [0.15, 0.2) is 0 Å². The van der Waals surface area contributed by atoms with Crippen LogP contribution in [0.15, 0.2) is 23.1 Å². The van der Waals surface area contributed by atoms with Gasteiger partial charge < -0.3 is 0 Å². The van der Waals surface area contributed by atoms with E-state index in [1.165, 1.54) is 19.3 Å². The van der Waals surface area contributed by atoms with Gasteiger partial charge in [-0.1, -0.05) is 38.7 Å². The Hall–Kier alpha value is -0.870. The fourth-order valence-electron chi connectivity index (χ4n) is 1.90. The molecule has 0 aliphatic rings. The second kappa shape index (κ2) is 7.65. The maximum absolute atomic E-state index is 12.1. The summed E-state index contributed by atoms with van der Waals surface area (Å²) in [5.74, 6) is 0. The van der Waals surface area contributed by atoms with Crippen LogP contribution in [0.1, 0.15) is 50.2 Å². The molecule has 0 heterocycles. The summed E-state index contributed by atoms with van der Waals surface area (Å²) in [5.41, 5.74) is 2.12. The van der Waals surface area contributed by atoms with Crippen LogP contribution in [0.3, 0.4) is 0 Å². The van der Waals surface area contributed by atoms with Crippen LogP contribution in [-0.2, 0) is 10.0 Å². The zero-order chi connectivity index (χ0) is 14.3. The number of unbranched alkanes of at least 4 members (excludes halogenated alkanes) is 4. The number of hydrogen-bond donors (Lipinski definition) is 1. The van der Waals surface area contributed by atoms with Crippen molar-refractivity contribution in [2.75, 3.05) is 6.54 Å². The largest absolute Gasteiger partial charge is 0.240 e. The zero-order valence-electron chi connectivity index (χ0n) is 12.2. The van der Waals surface area contributed by atoms with Crippen molar-refractivity contribution in [1.82, 2.24) is 4.72 Å². The first-order valence-corrected chi connectivity index (χ1v) is 8.52.